The second-order valence-corrected chi connectivity index (χ2v) is 8.10. The van der Waals surface area contributed by atoms with E-state index in [2.05, 4.69) is 17.2 Å². The number of carbonyl (C=O) groups excluding carboxylic acids is 1. The number of thioether (sulfide) groups is 1. The van der Waals surface area contributed by atoms with E-state index in [9.17, 15) is 14.0 Å². The molecular weight excluding hydrogens is 401 g/mol. The fourth-order valence-electron chi connectivity index (χ4n) is 3.11. The zero-order chi connectivity index (χ0) is 21.3. The third-order valence-electron chi connectivity index (χ3n) is 4.71. The number of carbonyl (C=O) groups is 1. The van der Waals surface area contributed by atoms with Crippen LogP contribution in [0.1, 0.15) is 39.0 Å². The van der Waals surface area contributed by atoms with E-state index in [0.717, 1.165) is 25.8 Å². The molecule has 0 aliphatic carbocycles. The van der Waals surface area contributed by atoms with Crippen LogP contribution in [0.15, 0.2) is 58.5 Å². The van der Waals surface area contributed by atoms with Crippen LogP contribution in [-0.2, 0) is 4.79 Å². The smallest absolute Gasteiger partial charge is 0.266 e. The predicted octanol–water partition coefficient (Wildman–Crippen LogP) is 4.70. The van der Waals surface area contributed by atoms with Crippen molar-refractivity contribution >= 4 is 28.6 Å². The minimum atomic E-state index is -0.361. The zero-order valence-corrected chi connectivity index (χ0v) is 17.9. The average molecular weight is 428 g/mol. The summed E-state index contributed by atoms with van der Waals surface area (Å²) in [5.41, 5.74) is 0.997. The number of hydrogen-bond donors (Lipinski definition) is 1. The van der Waals surface area contributed by atoms with E-state index >= 15 is 0 Å². The number of halogens is 1. The van der Waals surface area contributed by atoms with Gasteiger partial charge in [0.1, 0.15) is 5.82 Å². The number of benzene rings is 2. The second kappa shape index (κ2) is 10.9. The quantitative estimate of drug-likeness (QED) is 0.289. The van der Waals surface area contributed by atoms with Crippen LogP contribution in [0, 0.1) is 5.82 Å². The molecule has 0 radical (unpaired) electrons. The Morgan fingerprint density at radius 2 is 1.87 bits per heavy atom. The first-order valence-electron chi connectivity index (χ1n) is 10.3. The van der Waals surface area contributed by atoms with Gasteiger partial charge in [0.25, 0.3) is 5.56 Å². The third-order valence-corrected chi connectivity index (χ3v) is 5.74. The number of hydrogen-bond acceptors (Lipinski definition) is 4. The summed E-state index contributed by atoms with van der Waals surface area (Å²) >= 11 is 1.43. The van der Waals surface area contributed by atoms with Crippen molar-refractivity contribution < 1.29 is 9.18 Å². The van der Waals surface area contributed by atoms with Crippen molar-refractivity contribution in [3.63, 3.8) is 0 Å². The molecule has 1 aromatic heterocycles. The molecule has 1 amide bonds. The van der Waals surface area contributed by atoms with Gasteiger partial charge in [0, 0.05) is 18.7 Å². The van der Waals surface area contributed by atoms with Crippen molar-refractivity contribution in [3.8, 4) is 5.69 Å². The van der Waals surface area contributed by atoms with E-state index in [1.165, 1.54) is 28.5 Å². The topological polar surface area (TPSA) is 64.0 Å². The lowest BCUT2D eigenvalue weighted by Crippen LogP contribution is -2.24. The summed E-state index contributed by atoms with van der Waals surface area (Å²) in [5.74, 6) is 0.336. The molecule has 0 saturated carbocycles. The molecule has 7 heteroatoms. The number of rotatable bonds is 10. The maximum absolute atomic E-state index is 13.4. The van der Waals surface area contributed by atoms with E-state index in [1.54, 1.807) is 30.3 Å². The molecule has 1 heterocycles. The first-order chi connectivity index (χ1) is 14.6. The van der Waals surface area contributed by atoms with Crippen LogP contribution in [0.2, 0.25) is 0 Å². The second-order valence-electron chi connectivity index (χ2n) is 7.04. The Balaban J connectivity index is 1.73. The molecule has 3 aromatic rings. The van der Waals surface area contributed by atoms with Gasteiger partial charge in [-0.1, -0.05) is 43.7 Å². The lowest BCUT2D eigenvalue weighted by atomic mass is 10.2. The van der Waals surface area contributed by atoms with Crippen molar-refractivity contribution in [1.82, 2.24) is 14.9 Å². The highest BCUT2D eigenvalue weighted by Gasteiger charge is 2.13. The van der Waals surface area contributed by atoms with Crippen LogP contribution in [-0.4, -0.2) is 27.8 Å². The Morgan fingerprint density at radius 1 is 1.10 bits per heavy atom. The van der Waals surface area contributed by atoms with Crippen molar-refractivity contribution in [2.24, 2.45) is 0 Å². The normalized spacial score (nSPS) is 11.0. The van der Waals surface area contributed by atoms with Crippen LogP contribution in [0.4, 0.5) is 4.39 Å². The fourth-order valence-corrected chi connectivity index (χ4v) is 4.07. The van der Waals surface area contributed by atoms with Gasteiger partial charge in [-0.05, 0) is 49.2 Å². The molecule has 3 rings (SSSR count). The maximum Gasteiger partial charge on any atom is 0.266 e. The molecule has 0 bridgehead atoms. The van der Waals surface area contributed by atoms with E-state index in [-0.39, 0.29) is 17.3 Å². The van der Waals surface area contributed by atoms with Gasteiger partial charge in [0.15, 0.2) is 5.16 Å². The molecule has 0 atom stereocenters. The molecular formula is C23H26FN3O2S. The van der Waals surface area contributed by atoms with Gasteiger partial charge in [-0.25, -0.2) is 9.37 Å². The Kier molecular flexibility index (Phi) is 8.02. The van der Waals surface area contributed by atoms with E-state index in [1.807, 2.05) is 6.07 Å². The van der Waals surface area contributed by atoms with E-state index in [0.29, 0.717) is 40.3 Å². The van der Waals surface area contributed by atoms with Crippen LogP contribution in [0.25, 0.3) is 16.6 Å². The van der Waals surface area contributed by atoms with Gasteiger partial charge < -0.3 is 5.32 Å². The summed E-state index contributed by atoms with van der Waals surface area (Å²) in [4.78, 5) is 29.7. The fraction of sp³-hybridized carbons (Fsp3) is 0.348. The summed E-state index contributed by atoms with van der Waals surface area (Å²) < 4.78 is 14.9. The summed E-state index contributed by atoms with van der Waals surface area (Å²) in [6, 6.07) is 13.0. The molecule has 0 unspecified atom stereocenters. The Hall–Kier alpha value is -2.67. The number of unbranched alkanes of at least 4 members (excludes halogenated alkanes) is 2. The van der Waals surface area contributed by atoms with Crippen LogP contribution in [0.5, 0.6) is 0 Å². The number of aromatic nitrogens is 2. The highest BCUT2D eigenvalue weighted by atomic mass is 32.2. The number of nitrogens with zero attached hydrogens (tertiary/aromatic N) is 2. The van der Waals surface area contributed by atoms with Gasteiger partial charge >= 0.3 is 0 Å². The number of para-hydroxylation sites is 1. The molecule has 2 aromatic carbocycles. The van der Waals surface area contributed by atoms with Gasteiger partial charge in [-0.3, -0.25) is 14.2 Å². The highest BCUT2D eigenvalue weighted by molar-refractivity contribution is 7.99. The summed E-state index contributed by atoms with van der Waals surface area (Å²) in [6.07, 6.45) is 4.36. The molecule has 30 heavy (non-hydrogen) atoms. The van der Waals surface area contributed by atoms with Gasteiger partial charge in [0.2, 0.25) is 5.91 Å². The lowest BCUT2D eigenvalue weighted by molar-refractivity contribution is -0.121. The van der Waals surface area contributed by atoms with Crippen molar-refractivity contribution in [1.29, 1.82) is 0 Å². The SMILES string of the molecule is CCCCCNC(=O)CCCSc1nc2ccccc2c(=O)n1-c1ccc(F)cc1. The first-order valence-corrected chi connectivity index (χ1v) is 11.3. The molecule has 0 aliphatic rings. The Labute approximate surface area is 179 Å². The van der Waals surface area contributed by atoms with Crippen molar-refractivity contribution in [2.45, 2.75) is 44.2 Å². The van der Waals surface area contributed by atoms with Crippen LogP contribution >= 0.6 is 11.8 Å². The molecule has 0 saturated heterocycles. The largest absolute Gasteiger partial charge is 0.356 e. The lowest BCUT2D eigenvalue weighted by Gasteiger charge is -2.13. The Bertz CT molecular complexity index is 1050. The molecule has 158 valence electrons. The molecule has 1 N–H and O–H groups in total. The summed E-state index contributed by atoms with van der Waals surface area (Å²) in [6.45, 7) is 2.85. The Morgan fingerprint density at radius 3 is 2.63 bits per heavy atom. The monoisotopic (exact) mass is 427 g/mol. The first kappa shape index (κ1) is 22.0. The van der Waals surface area contributed by atoms with Gasteiger partial charge in [0.05, 0.1) is 16.6 Å². The molecule has 0 fully saturated rings. The van der Waals surface area contributed by atoms with Crippen LogP contribution in [0.3, 0.4) is 0 Å². The third kappa shape index (κ3) is 5.69. The summed E-state index contributed by atoms with van der Waals surface area (Å²) in [7, 11) is 0. The van der Waals surface area contributed by atoms with Gasteiger partial charge in [-0.15, -0.1) is 0 Å². The maximum atomic E-state index is 13.4. The minimum absolute atomic E-state index is 0.0501. The van der Waals surface area contributed by atoms with Crippen molar-refractivity contribution in [2.75, 3.05) is 12.3 Å². The number of amides is 1. The number of fused-ring (bicyclic) bond motifs is 1. The van der Waals surface area contributed by atoms with Crippen LogP contribution < -0.4 is 10.9 Å². The average Bonchev–Trinajstić information content (AvgIpc) is 2.75. The van der Waals surface area contributed by atoms with Gasteiger partial charge in [-0.2, -0.15) is 0 Å². The molecule has 5 nitrogen and oxygen atoms in total. The number of nitrogens with one attached hydrogen (secondary N) is 1. The highest BCUT2D eigenvalue weighted by Crippen LogP contribution is 2.22. The van der Waals surface area contributed by atoms with Crippen molar-refractivity contribution in [3.05, 3.63) is 64.7 Å². The zero-order valence-electron chi connectivity index (χ0n) is 17.1. The van der Waals surface area contributed by atoms with E-state index in [4.69, 9.17) is 0 Å². The minimum Gasteiger partial charge on any atom is -0.356 e. The summed E-state index contributed by atoms with van der Waals surface area (Å²) in [5, 5.41) is 3.98. The van der Waals surface area contributed by atoms with E-state index < -0.39 is 0 Å². The predicted molar refractivity (Wildman–Crippen MR) is 120 cm³/mol. The molecule has 0 spiro atoms. The standard InChI is InChI=1S/C23H26FN3O2S/c1-2-3-6-15-25-21(28)10-7-16-30-23-26-20-9-5-4-8-19(20)22(29)27(23)18-13-11-17(24)12-14-18/h4-5,8-9,11-14H,2-3,6-7,10,15-16H2,1H3,(H,25,28). The molecule has 0 aliphatic heterocycles.